The number of nitrogens with one attached hydrogen (secondary N) is 1. The van der Waals surface area contributed by atoms with Crippen molar-refractivity contribution >= 4 is 28.5 Å². The molecular weight excluding hydrogens is 318 g/mol. The van der Waals surface area contributed by atoms with E-state index in [0.29, 0.717) is 29.7 Å². The molecule has 6 nitrogen and oxygen atoms in total. The Kier molecular flexibility index (Phi) is 3.62. The fourth-order valence-corrected chi connectivity index (χ4v) is 3.08. The molecular formula is C19H17N3O3. The van der Waals surface area contributed by atoms with Crippen LogP contribution in [0.5, 0.6) is 0 Å². The monoisotopic (exact) mass is 335 g/mol. The van der Waals surface area contributed by atoms with Crippen LogP contribution in [0.4, 0.5) is 5.69 Å². The van der Waals surface area contributed by atoms with Gasteiger partial charge < -0.3 is 10.1 Å². The standard InChI is InChI=1S/C19H17N3O3/c1-11(23)6-9-17-20-15-8-7-12(10-16(15)21-17)22-18(24)13-4-2-3-5-14(13)19(22)25/h2-5,7-8,10-11,23H,6,9H2,1H3,(H,20,21). The van der Waals surface area contributed by atoms with Crippen LogP contribution in [-0.2, 0) is 6.42 Å². The highest BCUT2D eigenvalue weighted by molar-refractivity contribution is 6.34. The second-order valence-electron chi connectivity index (χ2n) is 6.26. The number of amides is 2. The van der Waals surface area contributed by atoms with Gasteiger partial charge in [-0.25, -0.2) is 9.88 Å². The summed E-state index contributed by atoms with van der Waals surface area (Å²) in [5, 5.41) is 9.40. The molecule has 0 spiro atoms. The number of aliphatic hydroxyl groups is 1. The summed E-state index contributed by atoms with van der Waals surface area (Å²) >= 11 is 0. The van der Waals surface area contributed by atoms with E-state index in [4.69, 9.17) is 0 Å². The Bertz CT molecular complexity index is 955. The average molecular weight is 335 g/mol. The summed E-state index contributed by atoms with van der Waals surface area (Å²) in [5.41, 5.74) is 2.89. The topological polar surface area (TPSA) is 86.3 Å². The molecule has 2 amide bonds. The first-order chi connectivity index (χ1) is 12.0. The van der Waals surface area contributed by atoms with Crippen LogP contribution in [0.25, 0.3) is 11.0 Å². The molecule has 1 aliphatic heterocycles. The van der Waals surface area contributed by atoms with Crippen molar-refractivity contribution in [1.29, 1.82) is 0 Å². The zero-order valence-corrected chi connectivity index (χ0v) is 13.7. The third-order valence-electron chi connectivity index (χ3n) is 4.37. The lowest BCUT2D eigenvalue weighted by Gasteiger charge is -2.13. The number of imide groups is 1. The number of fused-ring (bicyclic) bond motifs is 2. The van der Waals surface area contributed by atoms with E-state index in [0.717, 1.165) is 16.9 Å². The van der Waals surface area contributed by atoms with Crippen LogP contribution >= 0.6 is 0 Å². The molecule has 0 saturated carbocycles. The number of H-pyrrole nitrogens is 1. The van der Waals surface area contributed by atoms with Crippen LogP contribution < -0.4 is 4.90 Å². The van der Waals surface area contributed by atoms with Crippen LogP contribution in [0.3, 0.4) is 0 Å². The number of aliphatic hydroxyl groups excluding tert-OH is 1. The van der Waals surface area contributed by atoms with Gasteiger partial charge >= 0.3 is 0 Å². The Hall–Kier alpha value is -2.99. The van der Waals surface area contributed by atoms with Crippen molar-refractivity contribution in [2.24, 2.45) is 0 Å². The number of anilines is 1. The SMILES string of the molecule is CC(O)CCc1nc2ccc(N3C(=O)c4ccccc4C3=O)cc2[nH]1. The number of aryl methyl sites for hydroxylation is 1. The van der Waals surface area contributed by atoms with Gasteiger partial charge in [-0.05, 0) is 43.7 Å². The maximum atomic E-state index is 12.6. The van der Waals surface area contributed by atoms with Crippen molar-refractivity contribution in [3.63, 3.8) is 0 Å². The van der Waals surface area contributed by atoms with E-state index in [9.17, 15) is 14.7 Å². The number of aromatic amines is 1. The van der Waals surface area contributed by atoms with Gasteiger partial charge in [0.15, 0.2) is 0 Å². The average Bonchev–Trinajstić information content (AvgIpc) is 3.12. The number of carbonyl (C=O) groups is 2. The molecule has 2 N–H and O–H groups in total. The molecule has 0 aliphatic carbocycles. The summed E-state index contributed by atoms with van der Waals surface area (Å²) in [6, 6.07) is 12.1. The van der Waals surface area contributed by atoms with Gasteiger partial charge in [-0.3, -0.25) is 9.59 Å². The quantitative estimate of drug-likeness (QED) is 0.718. The normalized spacial score (nSPS) is 15.0. The molecule has 2 heterocycles. The van der Waals surface area contributed by atoms with Crippen molar-refractivity contribution in [3.8, 4) is 0 Å². The van der Waals surface area contributed by atoms with Crippen LogP contribution in [0.2, 0.25) is 0 Å². The first-order valence-electron chi connectivity index (χ1n) is 8.19. The predicted molar refractivity (Wildman–Crippen MR) is 93.7 cm³/mol. The Morgan fingerprint density at radius 1 is 1.12 bits per heavy atom. The molecule has 0 bridgehead atoms. The van der Waals surface area contributed by atoms with Crippen LogP contribution in [-0.4, -0.2) is 33.0 Å². The lowest BCUT2D eigenvalue weighted by atomic mass is 10.1. The van der Waals surface area contributed by atoms with E-state index in [2.05, 4.69) is 9.97 Å². The molecule has 0 radical (unpaired) electrons. The molecule has 3 aromatic rings. The number of benzene rings is 2. The summed E-state index contributed by atoms with van der Waals surface area (Å²) < 4.78 is 0. The largest absolute Gasteiger partial charge is 0.393 e. The molecule has 4 rings (SSSR count). The number of rotatable bonds is 4. The van der Waals surface area contributed by atoms with Gasteiger partial charge in [-0.1, -0.05) is 12.1 Å². The Balaban J connectivity index is 1.68. The fourth-order valence-electron chi connectivity index (χ4n) is 3.08. The molecule has 126 valence electrons. The number of imidazole rings is 1. The first-order valence-corrected chi connectivity index (χ1v) is 8.19. The van der Waals surface area contributed by atoms with Crippen LogP contribution in [0, 0.1) is 0 Å². The highest BCUT2D eigenvalue weighted by Crippen LogP contribution is 2.30. The minimum Gasteiger partial charge on any atom is -0.393 e. The van der Waals surface area contributed by atoms with E-state index in [1.54, 1.807) is 49.4 Å². The van der Waals surface area contributed by atoms with Gasteiger partial charge in [-0.15, -0.1) is 0 Å². The first kappa shape index (κ1) is 15.5. The number of hydrogen-bond donors (Lipinski definition) is 2. The van der Waals surface area contributed by atoms with Crippen molar-refractivity contribution in [2.75, 3.05) is 4.90 Å². The maximum Gasteiger partial charge on any atom is 0.266 e. The van der Waals surface area contributed by atoms with Crippen LogP contribution in [0.1, 0.15) is 39.9 Å². The molecule has 1 atom stereocenters. The smallest absolute Gasteiger partial charge is 0.266 e. The molecule has 1 aliphatic rings. The molecule has 25 heavy (non-hydrogen) atoms. The highest BCUT2D eigenvalue weighted by atomic mass is 16.3. The van der Waals surface area contributed by atoms with Gasteiger partial charge in [0, 0.05) is 6.42 Å². The summed E-state index contributed by atoms with van der Waals surface area (Å²) in [7, 11) is 0. The number of nitrogens with zero attached hydrogens (tertiary/aromatic N) is 2. The minimum absolute atomic E-state index is 0.311. The van der Waals surface area contributed by atoms with E-state index >= 15 is 0 Å². The van der Waals surface area contributed by atoms with Crippen LogP contribution in [0.15, 0.2) is 42.5 Å². The molecule has 6 heteroatoms. The van der Waals surface area contributed by atoms with Gasteiger partial charge in [0.1, 0.15) is 5.82 Å². The molecule has 0 fully saturated rings. The summed E-state index contributed by atoms with van der Waals surface area (Å²) in [6.45, 7) is 1.74. The molecule has 1 unspecified atom stereocenters. The Morgan fingerprint density at radius 3 is 2.44 bits per heavy atom. The van der Waals surface area contributed by atoms with Gasteiger partial charge in [-0.2, -0.15) is 0 Å². The van der Waals surface area contributed by atoms with Gasteiger partial charge in [0.2, 0.25) is 0 Å². The maximum absolute atomic E-state index is 12.6. The third kappa shape index (κ3) is 2.60. The number of carbonyl (C=O) groups excluding carboxylic acids is 2. The van der Waals surface area contributed by atoms with Gasteiger partial charge in [0.05, 0.1) is 34.0 Å². The third-order valence-corrected chi connectivity index (χ3v) is 4.37. The lowest BCUT2D eigenvalue weighted by Crippen LogP contribution is -2.29. The summed E-state index contributed by atoms with van der Waals surface area (Å²) in [4.78, 5) is 34.0. The molecule has 2 aromatic carbocycles. The Labute approximate surface area is 144 Å². The van der Waals surface area contributed by atoms with Crippen molar-refractivity contribution in [1.82, 2.24) is 9.97 Å². The predicted octanol–water partition coefficient (Wildman–Crippen LogP) is 2.68. The second kappa shape index (κ2) is 5.82. The molecule has 1 aromatic heterocycles. The zero-order valence-electron chi connectivity index (χ0n) is 13.7. The number of aromatic nitrogens is 2. The fraction of sp³-hybridized carbons (Fsp3) is 0.211. The highest BCUT2D eigenvalue weighted by Gasteiger charge is 2.36. The molecule has 0 saturated heterocycles. The zero-order chi connectivity index (χ0) is 17.6. The number of hydrogen-bond acceptors (Lipinski definition) is 4. The van der Waals surface area contributed by atoms with Gasteiger partial charge in [0.25, 0.3) is 11.8 Å². The Morgan fingerprint density at radius 2 is 1.80 bits per heavy atom. The minimum atomic E-state index is -0.387. The second-order valence-corrected chi connectivity index (χ2v) is 6.26. The summed E-state index contributed by atoms with van der Waals surface area (Å²) in [6.07, 6.45) is 0.863. The van der Waals surface area contributed by atoms with E-state index < -0.39 is 0 Å². The summed E-state index contributed by atoms with van der Waals surface area (Å²) in [5.74, 6) is 0.151. The van der Waals surface area contributed by atoms with E-state index in [1.807, 2.05) is 0 Å². The lowest BCUT2D eigenvalue weighted by molar-refractivity contribution is 0.0926. The van der Waals surface area contributed by atoms with Crippen molar-refractivity contribution in [3.05, 3.63) is 59.4 Å². The van der Waals surface area contributed by atoms with Crippen molar-refractivity contribution in [2.45, 2.75) is 25.9 Å². The van der Waals surface area contributed by atoms with E-state index in [-0.39, 0.29) is 17.9 Å². The van der Waals surface area contributed by atoms with E-state index in [1.165, 1.54) is 4.90 Å². The van der Waals surface area contributed by atoms with Crippen molar-refractivity contribution < 1.29 is 14.7 Å².